The quantitative estimate of drug-likeness (QED) is 0.860. The average molecular weight is 248 g/mol. The van der Waals surface area contributed by atoms with Crippen molar-refractivity contribution >= 4 is 23.2 Å². The maximum atomic E-state index is 9.02. The van der Waals surface area contributed by atoms with Crippen molar-refractivity contribution in [2.24, 2.45) is 5.73 Å². The van der Waals surface area contributed by atoms with Gasteiger partial charge in [-0.15, -0.1) is 0 Å². The Labute approximate surface area is 100.0 Å². The lowest BCUT2D eigenvalue weighted by Crippen LogP contribution is -2.33. The van der Waals surface area contributed by atoms with Gasteiger partial charge in [0.25, 0.3) is 0 Å². The van der Waals surface area contributed by atoms with Gasteiger partial charge in [0.05, 0.1) is 0 Å². The Balaban J connectivity index is 3.16. The molecule has 1 unspecified atom stereocenters. The molecule has 0 aliphatic carbocycles. The van der Waals surface area contributed by atoms with Crippen molar-refractivity contribution in [2.75, 3.05) is 13.2 Å². The van der Waals surface area contributed by atoms with Gasteiger partial charge in [-0.1, -0.05) is 30.1 Å². The number of aliphatic hydroxyl groups is 1. The minimum absolute atomic E-state index is 0.0799. The molecular weight excluding hydrogens is 233 g/mol. The highest BCUT2D eigenvalue weighted by molar-refractivity contribution is 6.33. The van der Waals surface area contributed by atoms with Gasteiger partial charge in [0.2, 0.25) is 0 Å². The lowest BCUT2D eigenvalue weighted by molar-refractivity contribution is 0.247. The monoisotopic (exact) mass is 247 g/mol. The van der Waals surface area contributed by atoms with Crippen LogP contribution in [0.25, 0.3) is 0 Å². The molecule has 0 aliphatic heterocycles. The standard InChI is InChI=1S/C11H15Cl2NO/c1-11(7-14,4-5-15)9-6-8(12)2-3-10(9)13/h2-3,6,15H,4-5,7,14H2,1H3. The van der Waals surface area contributed by atoms with Crippen molar-refractivity contribution in [1.29, 1.82) is 0 Å². The summed E-state index contributed by atoms with van der Waals surface area (Å²) in [5.74, 6) is 0. The van der Waals surface area contributed by atoms with Crippen LogP contribution in [-0.2, 0) is 5.41 Å². The zero-order valence-corrected chi connectivity index (χ0v) is 10.1. The summed E-state index contributed by atoms with van der Waals surface area (Å²) in [6.07, 6.45) is 0.573. The summed E-state index contributed by atoms with van der Waals surface area (Å²) < 4.78 is 0. The van der Waals surface area contributed by atoms with Crippen LogP contribution >= 0.6 is 23.2 Å². The van der Waals surface area contributed by atoms with Crippen LogP contribution in [0.1, 0.15) is 18.9 Å². The molecule has 0 amide bonds. The molecule has 0 saturated carbocycles. The maximum Gasteiger partial charge on any atom is 0.0445 e. The molecule has 4 heteroatoms. The van der Waals surface area contributed by atoms with Crippen molar-refractivity contribution < 1.29 is 5.11 Å². The number of nitrogens with two attached hydrogens (primary N) is 1. The second kappa shape index (κ2) is 5.17. The van der Waals surface area contributed by atoms with E-state index in [1.165, 1.54) is 0 Å². The number of hydrogen-bond donors (Lipinski definition) is 2. The smallest absolute Gasteiger partial charge is 0.0445 e. The fourth-order valence-electron chi connectivity index (χ4n) is 1.55. The molecule has 0 saturated heterocycles. The molecule has 0 spiro atoms. The van der Waals surface area contributed by atoms with Gasteiger partial charge >= 0.3 is 0 Å². The van der Waals surface area contributed by atoms with Crippen LogP contribution in [0, 0.1) is 0 Å². The molecule has 0 aromatic heterocycles. The molecule has 15 heavy (non-hydrogen) atoms. The van der Waals surface area contributed by atoms with Crippen molar-refractivity contribution in [3.05, 3.63) is 33.8 Å². The summed E-state index contributed by atoms with van der Waals surface area (Å²) in [6, 6.07) is 5.31. The second-order valence-corrected chi connectivity index (χ2v) is 4.71. The van der Waals surface area contributed by atoms with Crippen LogP contribution in [0.2, 0.25) is 10.0 Å². The lowest BCUT2D eigenvalue weighted by Gasteiger charge is -2.29. The van der Waals surface area contributed by atoms with Gasteiger partial charge in [-0.3, -0.25) is 0 Å². The highest BCUT2D eigenvalue weighted by atomic mass is 35.5. The van der Waals surface area contributed by atoms with Gasteiger partial charge in [0, 0.05) is 28.6 Å². The molecule has 1 rings (SSSR count). The zero-order valence-electron chi connectivity index (χ0n) is 8.63. The maximum absolute atomic E-state index is 9.02. The number of hydrogen-bond acceptors (Lipinski definition) is 2. The summed E-state index contributed by atoms with van der Waals surface area (Å²) in [6.45, 7) is 2.48. The lowest BCUT2D eigenvalue weighted by atomic mass is 9.80. The SMILES string of the molecule is CC(CN)(CCO)c1cc(Cl)ccc1Cl. The molecule has 0 radical (unpaired) electrons. The van der Waals surface area contributed by atoms with Crippen LogP contribution < -0.4 is 5.73 Å². The van der Waals surface area contributed by atoms with Gasteiger partial charge in [-0.2, -0.15) is 0 Å². The van der Waals surface area contributed by atoms with E-state index in [9.17, 15) is 0 Å². The molecule has 0 fully saturated rings. The first-order valence-electron chi connectivity index (χ1n) is 4.80. The molecule has 0 bridgehead atoms. The molecule has 1 atom stereocenters. The molecular formula is C11H15Cl2NO. The molecule has 0 heterocycles. The summed E-state index contributed by atoms with van der Waals surface area (Å²) >= 11 is 12.0. The third-order valence-electron chi connectivity index (χ3n) is 2.69. The fraction of sp³-hybridized carbons (Fsp3) is 0.455. The van der Waals surface area contributed by atoms with Crippen LogP contribution in [0.3, 0.4) is 0 Å². The topological polar surface area (TPSA) is 46.2 Å². The van der Waals surface area contributed by atoms with E-state index in [0.29, 0.717) is 23.0 Å². The number of rotatable bonds is 4. The van der Waals surface area contributed by atoms with E-state index in [-0.39, 0.29) is 12.0 Å². The van der Waals surface area contributed by atoms with Crippen molar-refractivity contribution in [3.63, 3.8) is 0 Å². The Morgan fingerprint density at radius 1 is 1.40 bits per heavy atom. The summed E-state index contributed by atoms with van der Waals surface area (Å²) in [5, 5.41) is 10.3. The summed E-state index contributed by atoms with van der Waals surface area (Å²) in [5.41, 5.74) is 6.31. The number of halogens is 2. The first-order chi connectivity index (χ1) is 7.03. The first kappa shape index (κ1) is 12.8. The van der Waals surface area contributed by atoms with Gasteiger partial charge in [0.15, 0.2) is 0 Å². The predicted molar refractivity (Wildman–Crippen MR) is 64.6 cm³/mol. The molecule has 84 valence electrons. The van der Waals surface area contributed by atoms with E-state index in [1.54, 1.807) is 12.1 Å². The zero-order chi connectivity index (χ0) is 11.5. The van der Waals surface area contributed by atoms with E-state index in [4.69, 9.17) is 34.0 Å². The highest BCUT2D eigenvalue weighted by Gasteiger charge is 2.26. The summed E-state index contributed by atoms with van der Waals surface area (Å²) in [7, 11) is 0. The third-order valence-corrected chi connectivity index (χ3v) is 3.26. The van der Waals surface area contributed by atoms with E-state index >= 15 is 0 Å². The molecule has 3 N–H and O–H groups in total. The average Bonchev–Trinajstić information content (AvgIpc) is 2.22. The van der Waals surface area contributed by atoms with Gasteiger partial charge in [0.1, 0.15) is 0 Å². The summed E-state index contributed by atoms with van der Waals surface area (Å²) in [4.78, 5) is 0. The second-order valence-electron chi connectivity index (χ2n) is 3.86. The van der Waals surface area contributed by atoms with Crippen LogP contribution in [0.4, 0.5) is 0 Å². The first-order valence-corrected chi connectivity index (χ1v) is 5.55. The van der Waals surface area contributed by atoms with Crippen molar-refractivity contribution in [3.8, 4) is 0 Å². The molecule has 1 aromatic carbocycles. The highest BCUT2D eigenvalue weighted by Crippen LogP contribution is 2.33. The molecule has 0 aliphatic rings. The number of aliphatic hydroxyl groups excluding tert-OH is 1. The van der Waals surface area contributed by atoms with E-state index in [0.717, 1.165) is 5.56 Å². The third kappa shape index (κ3) is 2.85. The minimum Gasteiger partial charge on any atom is -0.396 e. The normalized spacial score (nSPS) is 15.0. The Bertz CT molecular complexity index is 343. The van der Waals surface area contributed by atoms with E-state index in [2.05, 4.69) is 0 Å². The van der Waals surface area contributed by atoms with Crippen molar-refractivity contribution in [2.45, 2.75) is 18.8 Å². The Hall–Kier alpha value is -0.280. The van der Waals surface area contributed by atoms with Crippen LogP contribution in [-0.4, -0.2) is 18.3 Å². The van der Waals surface area contributed by atoms with Crippen molar-refractivity contribution in [1.82, 2.24) is 0 Å². The Kier molecular flexibility index (Phi) is 4.41. The van der Waals surface area contributed by atoms with E-state index < -0.39 is 0 Å². The fourth-order valence-corrected chi connectivity index (χ4v) is 2.07. The van der Waals surface area contributed by atoms with Crippen LogP contribution in [0.15, 0.2) is 18.2 Å². The van der Waals surface area contributed by atoms with Crippen LogP contribution in [0.5, 0.6) is 0 Å². The number of benzene rings is 1. The van der Waals surface area contributed by atoms with Gasteiger partial charge in [-0.05, 0) is 30.2 Å². The van der Waals surface area contributed by atoms with Gasteiger partial charge in [-0.25, -0.2) is 0 Å². The van der Waals surface area contributed by atoms with E-state index in [1.807, 2.05) is 13.0 Å². The molecule has 2 nitrogen and oxygen atoms in total. The molecule has 1 aromatic rings. The Morgan fingerprint density at radius 3 is 2.60 bits per heavy atom. The van der Waals surface area contributed by atoms with Gasteiger partial charge < -0.3 is 10.8 Å². The predicted octanol–water partition coefficient (Wildman–Crippen LogP) is 2.59. The minimum atomic E-state index is -0.323. The largest absolute Gasteiger partial charge is 0.396 e. The Morgan fingerprint density at radius 2 is 2.07 bits per heavy atom.